The van der Waals surface area contributed by atoms with Crippen molar-refractivity contribution in [2.45, 2.75) is 40.2 Å². The third-order valence-electron chi connectivity index (χ3n) is 2.17. The number of carbonyl (C=O) groups is 1. The molecule has 84 valence electrons. The zero-order chi connectivity index (χ0) is 11.4. The van der Waals surface area contributed by atoms with Gasteiger partial charge in [0.05, 0.1) is 13.5 Å². The maximum atomic E-state index is 11.0. The van der Waals surface area contributed by atoms with Crippen LogP contribution in [0.1, 0.15) is 34.1 Å². The highest BCUT2D eigenvalue weighted by molar-refractivity contribution is 5.69. The zero-order valence-corrected chi connectivity index (χ0v) is 10.3. The average Bonchev–Trinajstić information content (AvgIpc) is 2.00. The van der Waals surface area contributed by atoms with E-state index in [0.29, 0.717) is 6.42 Å². The van der Waals surface area contributed by atoms with Crippen molar-refractivity contribution in [3.8, 4) is 0 Å². The molecule has 0 amide bonds. The molecular formula is C11H23NO2. The molecule has 0 spiro atoms. The summed E-state index contributed by atoms with van der Waals surface area (Å²) < 4.78 is 4.64. The van der Waals surface area contributed by atoms with Crippen molar-refractivity contribution in [2.24, 2.45) is 5.41 Å². The van der Waals surface area contributed by atoms with Crippen LogP contribution in [0.3, 0.4) is 0 Å². The van der Waals surface area contributed by atoms with Gasteiger partial charge in [0.2, 0.25) is 0 Å². The number of ether oxygens (including phenoxy) is 1. The van der Waals surface area contributed by atoms with Crippen LogP contribution in [0, 0.1) is 5.41 Å². The van der Waals surface area contributed by atoms with Crippen molar-refractivity contribution >= 4 is 5.97 Å². The van der Waals surface area contributed by atoms with Gasteiger partial charge >= 0.3 is 5.97 Å². The zero-order valence-electron chi connectivity index (χ0n) is 10.3. The number of hydrogen-bond acceptors (Lipinski definition) is 3. The first-order chi connectivity index (χ1) is 6.26. The molecule has 0 aromatic carbocycles. The Morgan fingerprint density at radius 2 is 1.93 bits per heavy atom. The van der Waals surface area contributed by atoms with Crippen LogP contribution in [0.2, 0.25) is 0 Å². The Kier molecular flexibility index (Phi) is 5.13. The first-order valence-corrected chi connectivity index (χ1v) is 5.03. The summed E-state index contributed by atoms with van der Waals surface area (Å²) in [5, 5.41) is 0. The van der Waals surface area contributed by atoms with Gasteiger partial charge in [0, 0.05) is 12.6 Å². The molecule has 3 nitrogen and oxygen atoms in total. The van der Waals surface area contributed by atoms with Gasteiger partial charge in [0.25, 0.3) is 0 Å². The topological polar surface area (TPSA) is 29.5 Å². The molecule has 0 saturated carbocycles. The fraction of sp³-hybridized carbons (Fsp3) is 0.909. The van der Waals surface area contributed by atoms with E-state index >= 15 is 0 Å². The minimum absolute atomic E-state index is 0.141. The molecule has 0 fully saturated rings. The quantitative estimate of drug-likeness (QED) is 0.651. The summed E-state index contributed by atoms with van der Waals surface area (Å²) >= 11 is 0. The van der Waals surface area contributed by atoms with Gasteiger partial charge in [-0.25, -0.2) is 0 Å². The second-order valence-electron chi connectivity index (χ2n) is 5.11. The van der Waals surface area contributed by atoms with Crippen molar-refractivity contribution in [2.75, 3.05) is 20.7 Å². The van der Waals surface area contributed by atoms with Crippen molar-refractivity contribution in [1.82, 2.24) is 4.90 Å². The summed E-state index contributed by atoms with van der Waals surface area (Å²) in [6, 6.07) is 0.238. The maximum Gasteiger partial charge on any atom is 0.307 e. The van der Waals surface area contributed by atoms with Crippen LogP contribution in [0.4, 0.5) is 0 Å². The van der Waals surface area contributed by atoms with E-state index in [9.17, 15) is 4.79 Å². The van der Waals surface area contributed by atoms with Gasteiger partial charge < -0.3 is 9.64 Å². The summed E-state index contributed by atoms with van der Waals surface area (Å²) in [6.07, 6.45) is 0.461. The summed E-state index contributed by atoms with van der Waals surface area (Å²) in [5.41, 5.74) is 0.263. The monoisotopic (exact) mass is 201 g/mol. The number of rotatable bonds is 4. The van der Waals surface area contributed by atoms with Gasteiger partial charge in [-0.2, -0.15) is 0 Å². The van der Waals surface area contributed by atoms with E-state index in [1.54, 1.807) is 0 Å². The lowest BCUT2D eigenvalue weighted by molar-refractivity contribution is -0.141. The molecule has 0 N–H and O–H groups in total. The van der Waals surface area contributed by atoms with Gasteiger partial charge in [-0.15, -0.1) is 0 Å². The Balaban J connectivity index is 3.99. The number of esters is 1. The Labute approximate surface area is 87.4 Å². The average molecular weight is 201 g/mol. The molecule has 0 aliphatic rings. The highest BCUT2D eigenvalue weighted by Gasteiger charge is 2.19. The number of nitrogens with zero attached hydrogens (tertiary/aromatic N) is 1. The van der Waals surface area contributed by atoms with E-state index in [4.69, 9.17) is 0 Å². The van der Waals surface area contributed by atoms with Gasteiger partial charge in [0.1, 0.15) is 0 Å². The number of hydrogen-bond donors (Lipinski definition) is 0. The molecule has 14 heavy (non-hydrogen) atoms. The van der Waals surface area contributed by atoms with E-state index in [-0.39, 0.29) is 17.4 Å². The standard InChI is InChI=1S/C11H23NO2/c1-9(7-10(13)14-6)12(5)8-11(2,3)4/h9H,7-8H2,1-6H3. The van der Waals surface area contributed by atoms with E-state index in [1.165, 1.54) is 7.11 Å². The van der Waals surface area contributed by atoms with Gasteiger partial charge in [-0.05, 0) is 19.4 Å². The van der Waals surface area contributed by atoms with E-state index in [0.717, 1.165) is 6.54 Å². The number of carbonyl (C=O) groups excluding carboxylic acids is 1. The molecule has 1 unspecified atom stereocenters. The molecule has 0 heterocycles. The van der Waals surface area contributed by atoms with Crippen LogP contribution in [0.25, 0.3) is 0 Å². The molecule has 3 heteroatoms. The van der Waals surface area contributed by atoms with Crippen molar-refractivity contribution in [1.29, 1.82) is 0 Å². The summed E-state index contributed by atoms with van der Waals surface area (Å²) in [4.78, 5) is 13.2. The van der Waals surface area contributed by atoms with Crippen molar-refractivity contribution in [3.05, 3.63) is 0 Å². The summed E-state index contributed by atoms with van der Waals surface area (Å²) in [7, 11) is 3.47. The molecule has 0 aliphatic heterocycles. The van der Waals surface area contributed by atoms with Crippen LogP contribution < -0.4 is 0 Å². The van der Waals surface area contributed by atoms with Crippen molar-refractivity contribution in [3.63, 3.8) is 0 Å². The van der Waals surface area contributed by atoms with E-state index in [1.807, 2.05) is 14.0 Å². The molecule has 0 radical (unpaired) electrons. The first-order valence-electron chi connectivity index (χ1n) is 5.03. The molecule has 0 aromatic rings. The first kappa shape index (κ1) is 13.4. The third kappa shape index (κ3) is 5.97. The summed E-state index contributed by atoms with van der Waals surface area (Å²) in [6.45, 7) is 9.59. The lowest BCUT2D eigenvalue weighted by atomic mass is 9.95. The molecular weight excluding hydrogens is 178 g/mol. The Hall–Kier alpha value is -0.570. The normalized spacial score (nSPS) is 14.2. The molecule has 1 atom stereocenters. The minimum atomic E-state index is -0.141. The highest BCUT2D eigenvalue weighted by Crippen LogP contribution is 2.16. The van der Waals surface area contributed by atoms with Crippen LogP contribution in [-0.4, -0.2) is 37.6 Å². The second-order valence-corrected chi connectivity index (χ2v) is 5.11. The fourth-order valence-electron chi connectivity index (χ4n) is 1.38. The van der Waals surface area contributed by atoms with Gasteiger partial charge in [-0.1, -0.05) is 20.8 Å². The molecule has 0 aliphatic carbocycles. The third-order valence-corrected chi connectivity index (χ3v) is 2.17. The maximum absolute atomic E-state index is 11.0. The lowest BCUT2D eigenvalue weighted by Gasteiger charge is -2.30. The molecule has 0 aromatic heterocycles. The van der Waals surface area contributed by atoms with Gasteiger partial charge in [0.15, 0.2) is 0 Å². The highest BCUT2D eigenvalue weighted by atomic mass is 16.5. The van der Waals surface area contributed by atoms with Crippen LogP contribution in [0.15, 0.2) is 0 Å². The fourth-order valence-corrected chi connectivity index (χ4v) is 1.38. The molecule has 0 rings (SSSR count). The number of methoxy groups -OCH3 is 1. The van der Waals surface area contributed by atoms with Crippen molar-refractivity contribution < 1.29 is 9.53 Å². The Bertz CT molecular complexity index is 184. The largest absolute Gasteiger partial charge is 0.469 e. The Morgan fingerprint density at radius 3 is 2.29 bits per heavy atom. The molecule has 0 bridgehead atoms. The minimum Gasteiger partial charge on any atom is -0.469 e. The van der Waals surface area contributed by atoms with Crippen LogP contribution >= 0.6 is 0 Å². The van der Waals surface area contributed by atoms with Gasteiger partial charge in [-0.3, -0.25) is 4.79 Å². The smallest absolute Gasteiger partial charge is 0.307 e. The van der Waals surface area contributed by atoms with E-state index < -0.39 is 0 Å². The second kappa shape index (κ2) is 5.35. The molecule has 0 saturated heterocycles. The summed E-state index contributed by atoms with van der Waals surface area (Å²) in [5.74, 6) is -0.141. The predicted octanol–water partition coefficient (Wildman–Crippen LogP) is 1.92. The SMILES string of the molecule is COC(=O)CC(C)N(C)CC(C)(C)C. The van der Waals surface area contributed by atoms with E-state index in [2.05, 4.69) is 30.4 Å². The lowest BCUT2D eigenvalue weighted by Crippen LogP contribution is -2.37. The van der Waals surface area contributed by atoms with Crippen LogP contribution in [-0.2, 0) is 9.53 Å². The Morgan fingerprint density at radius 1 is 1.43 bits per heavy atom. The predicted molar refractivity (Wildman–Crippen MR) is 58.2 cm³/mol. The van der Waals surface area contributed by atoms with Crippen LogP contribution in [0.5, 0.6) is 0 Å².